The van der Waals surface area contributed by atoms with Crippen molar-refractivity contribution in [3.63, 3.8) is 0 Å². The average Bonchev–Trinajstić information content (AvgIpc) is 2.49. The molecule has 0 bridgehead atoms. The van der Waals surface area contributed by atoms with Gasteiger partial charge in [-0.25, -0.2) is 8.42 Å². The molecule has 1 saturated heterocycles. The first kappa shape index (κ1) is 15.1. The lowest BCUT2D eigenvalue weighted by Crippen LogP contribution is -2.43. The lowest BCUT2D eigenvalue weighted by atomic mass is 10.0. The topological polar surface area (TPSA) is 55.8 Å². The second-order valence-electron chi connectivity index (χ2n) is 5.45. The summed E-state index contributed by atoms with van der Waals surface area (Å²) in [4.78, 5) is 0.458. The summed E-state index contributed by atoms with van der Waals surface area (Å²) < 4.78 is 37.9. The molecule has 0 saturated carbocycles. The third kappa shape index (κ3) is 2.91. The van der Waals surface area contributed by atoms with Gasteiger partial charge in [-0.05, 0) is 24.5 Å². The Morgan fingerprint density at radius 2 is 1.95 bits per heavy atom. The maximum Gasteiger partial charge on any atom is 0.243 e. The number of nitrogens with zero attached hydrogens (tertiary/aromatic N) is 1. The van der Waals surface area contributed by atoms with Gasteiger partial charge in [0, 0.05) is 24.0 Å². The van der Waals surface area contributed by atoms with Crippen LogP contribution in [0.1, 0.15) is 13.3 Å². The van der Waals surface area contributed by atoms with Crippen LogP contribution in [0.2, 0.25) is 0 Å². The van der Waals surface area contributed by atoms with E-state index >= 15 is 0 Å². The van der Waals surface area contributed by atoms with Crippen LogP contribution in [-0.2, 0) is 10.0 Å². The molecule has 2 aliphatic heterocycles. The van der Waals surface area contributed by atoms with E-state index in [1.54, 1.807) is 18.2 Å². The van der Waals surface area contributed by atoms with Crippen molar-refractivity contribution in [2.45, 2.75) is 23.1 Å². The molecule has 5 nitrogen and oxygen atoms in total. The van der Waals surface area contributed by atoms with Gasteiger partial charge in [-0.1, -0.05) is 22.9 Å². The molecule has 2 heterocycles. The van der Waals surface area contributed by atoms with E-state index in [1.165, 1.54) is 4.31 Å². The van der Waals surface area contributed by atoms with Crippen molar-refractivity contribution in [2.24, 2.45) is 5.92 Å². The van der Waals surface area contributed by atoms with Crippen LogP contribution in [0.3, 0.4) is 0 Å². The number of hydrogen-bond donors (Lipinski definition) is 0. The van der Waals surface area contributed by atoms with E-state index in [0.29, 0.717) is 43.7 Å². The number of piperidine rings is 1. The molecule has 3 rings (SSSR count). The minimum atomic E-state index is -3.48. The number of hydrogen-bond acceptors (Lipinski definition) is 4. The lowest BCUT2D eigenvalue weighted by molar-refractivity contribution is 0.171. The molecule has 0 N–H and O–H groups in total. The Bertz CT molecular complexity index is 634. The first-order valence-corrected chi connectivity index (χ1v) is 9.38. The van der Waals surface area contributed by atoms with Gasteiger partial charge >= 0.3 is 0 Å². The zero-order valence-corrected chi connectivity index (χ0v) is 14.2. The van der Waals surface area contributed by atoms with Crippen LogP contribution in [0, 0.1) is 5.92 Å². The minimum absolute atomic E-state index is 0.193. The van der Waals surface area contributed by atoms with Gasteiger partial charge in [0.1, 0.15) is 13.2 Å². The number of fused-ring (bicyclic) bond motifs is 1. The molecule has 21 heavy (non-hydrogen) atoms. The van der Waals surface area contributed by atoms with Gasteiger partial charge < -0.3 is 9.47 Å². The normalized spacial score (nSPS) is 26.6. The number of sulfonamides is 1. The monoisotopic (exact) mass is 375 g/mol. The summed E-state index contributed by atoms with van der Waals surface area (Å²) in [7, 11) is -3.48. The molecule has 2 atom stereocenters. The van der Waals surface area contributed by atoms with E-state index in [0.717, 1.165) is 6.42 Å². The van der Waals surface area contributed by atoms with Crippen LogP contribution in [-0.4, -0.2) is 43.9 Å². The number of benzene rings is 1. The Hall–Kier alpha value is -0.790. The largest absolute Gasteiger partial charge is 0.486 e. The third-order valence-electron chi connectivity index (χ3n) is 3.98. The van der Waals surface area contributed by atoms with Crippen molar-refractivity contribution in [3.05, 3.63) is 18.2 Å². The fourth-order valence-corrected chi connectivity index (χ4v) is 4.85. The van der Waals surface area contributed by atoms with Crippen LogP contribution in [0.4, 0.5) is 0 Å². The molecular formula is C14H18BrNO4S. The SMILES string of the molecule is CC1CCN(S(=O)(=O)c2ccc3c(c2)OCCO3)CC1Br. The van der Waals surface area contributed by atoms with Crippen LogP contribution in [0.25, 0.3) is 0 Å². The van der Waals surface area contributed by atoms with Crippen LogP contribution in [0.15, 0.2) is 23.1 Å². The fraction of sp³-hybridized carbons (Fsp3) is 0.571. The predicted octanol–water partition coefficient (Wildman–Crippen LogP) is 2.25. The summed E-state index contributed by atoms with van der Waals surface area (Å²) in [5.41, 5.74) is 0. The molecule has 0 amide bonds. The van der Waals surface area contributed by atoms with Gasteiger partial charge in [-0.3, -0.25) is 0 Å². The number of halogens is 1. The second-order valence-corrected chi connectivity index (χ2v) is 8.56. The van der Waals surface area contributed by atoms with Crippen LogP contribution >= 0.6 is 15.9 Å². The van der Waals surface area contributed by atoms with Crippen LogP contribution in [0.5, 0.6) is 11.5 Å². The molecule has 0 spiro atoms. The zero-order chi connectivity index (χ0) is 15.0. The highest BCUT2D eigenvalue weighted by molar-refractivity contribution is 9.09. The first-order valence-electron chi connectivity index (χ1n) is 7.02. The summed E-state index contributed by atoms with van der Waals surface area (Å²) in [6.45, 7) is 4.13. The second kappa shape index (κ2) is 5.78. The standard InChI is InChI=1S/C14H18BrNO4S/c1-10-4-5-16(9-12(10)15)21(17,18)11-2-3-13-14(8-11)20-7-6-19-13/h2-3,8,10,12H,4-7,9H2,1H3. The van der Waals surface area contributed by atoms with Crippen molar-refractivity contribution in [1.29, 1.82) is 0 Å². The average molecular weight is 376 g/mol. The Morgan fingerprint density at radius 3 is 2.67 bits per heavy atom. The highest BCUT2D eigenvalue weighted by atomic mass is 79.9. The lowest BCUT2D eigenvalue weighted by Gasteiger charge is -2.33. The summed E-state index contributed by atoms with van der Waals surface area (Å²) in [5, 5.41) is 0. The summed E-state index contributed by atoms with van der Waals surface area (Å²) >= 11 is 3.57. The zero-order valence-electron chi connectivity index (χ0n) is 11.8. The summed E-state index contributed by atoms with van der Waals surface area (Å²) in [5.74, 6) is 1.59. The van der Waals surface area contributed by atoms with Gasteiger partial charge in [0.05, 0.1) is 4.90 Å². The molecule has 2 unspecified atom stereocenters. The highest BCUT2D eigenvalue weighted by Crippen LogP contribution is 2.34. The Morgan fingerprint density at radius 1 is 1.24 bits per heavy atom. The van der Waals surface area contributed by atoms with E-state index < -0.39 is 10.0 Å². The molecule has 1 aromatic carbocycles. The van der Waals surface area contributed by atoms with Crippen molar-refractivity contribution in [1.82, 2.24) is 4.31 Å². The van der Waals surface area contributed by atoms with Crippen molar-refractivity contribution < 1.29 is 17.9 Å². The molecule has 0 aromatic heterocycles. The quantitative estimate of drug-likeness (QED) is 0.743. The van der Waals surface area contributed by atoms with E-state index in [-0.39, 0.29) is 9.72 Å². The van der Waals surface area contributed by atoms with Gasteiger partial charge in [0.25, 0.3) is 0 Å². The summed E-state index contributed by atoms with van der Waals surface area (Å²) in [6.07, 6.45) is 0.861. The molecule has 1 aromatic rings. The number of rotatable bonds is 2. The molecule has 7 heteroatoms. The van der Waals surface area contributed by atoms with Gasteiger partial charge in [0.15, 0.2) is 11.5 Å². The van der Waals surface area contributed by atoms with Crippen molar-refractivity contribution >= 4 is 26.0 Å². The maximum atomic E-state index is 12.7. The molecule has 0 radical (unpaired) electrons. The van der Waals surface area contributed by atoms with Gasteiger partial charge in [-0.15, -0.1) is 0 Å². The molecule has 2 aliphatic rings. The maximum absolute atomic E-state index is 12.7. The molecule has 0 aliphatic carbocycles. The minimum Gasteiger partial charge on any atom is -0.486 e. The molecule has 1 fully saturated rings. The Balaban J connectivity index is 1.88. The smallest absolute Gasteiger partial charge is 0.243 e. The number of alkyl halides is 1. The van der Waals surface area contributed by atoms with Gasteiger partial charge in [0.2, 0.25) is 10.0 Å². The molecular weight excluding hydrogens is 358 g/mol. The van der Waals surface area contributed by atoms with Crippen molar-refractivity contribution in [3.8, 4) is 11.5 Å². The summed E-state index contributed by atoms with van der Waals surface area (Å²) in [6, 6.07) is 4.81. The van der Waals surface area contributed by atoms with Gasteiger partial charge in [-0.2, -0.15) is 4.31 Å². The molecule has 116 valence electrons. The number of ether oxygens (including phenoxy) is 2. The van der Waals surface area contributed by atoms with E-state index in [2.05, 4.69) is 22.9 Å². The first-order chi connectivity index (χ1) is 9.98. The highest BCUT2D eigenvalue weighted by Gasteiger charge is 2.33. The van der Waals surface area contributed by atoms with E-state index in [1.807, 2.05) is 0 Å². The predicted molar refractivity (Wildman–Crippen MR) is 82.7 cm³/mol. The Kier molecular flexibility index (Phi) is 4.16. The van der Waals surface area contributed by atoms with Crippen molar-refractivity contribution in [2.75, 3.05) is 26.3 Å². The fourth-order valence-electron chi connectivity index (χ4n) is 2.55. The Labute approximate surface area is 133 Å². The third-order valence-corrected chi connectivity index (χ3v) is 7.03. The van der Waals surface area contributed by atoms with E-state index in [4.69, 9.17) is 9.47 Å². The van der Waals surface area contributed by atoms with Crippen LogP contribution < -0.4 is 9.47 Å². The van der Waals surface area contributed by atoms with E-state index in [9.17, 15) is 8.42 Å².